The number of hydrogen-bond donors (Lipinski definition) is 0. The molecular weight excluding hydrogens is 347 g/mol. The Morgan fingerprint density at radius 2 is 1.12 bits per heavy atom. The van der Waals surface area contributed by atoms with Crippen LogP contribution in [0.4, 0.5) is 22.0 Å². The van der Waals surface area contributed by atoms with Gasteiger partial charge in [-0.2, -0.15) is 0 Å². The Labute approximate surface area is 140 Å². The smallest absolute Gasteiger partial charge is 0.335 e. The molecule has 1 aromatic rings. The van der Waals surface area contributed by atoms with E-state index in [1.807, 2.05) is 34.2 Å². The van der Waals surface area contributed by atoms with Gasteiger partial charge in [0.1, 0.15) is 0 Å². The minimum absolute atomic E-state index is 0.0883. The lowest BCUT2D eigenvalue weighted by Crippen LogP contribution is -2.43. The molecule has 0 saturated heterocycles. The van der Waals surface area contributed by atoms with Crippen molar-refractivity contribution in [2.45, 2.75) is 65.3 Å². The monoisotopic (exact) mass is 370 g/mol. The second-order valence-electron chi connectivity index (χ2n) is 6.37. The van der Waals surface area contributed by atoms with Gasteiger partial charge in [-0.3, -0.25) is 0 Å². The van der Waals surface area contributed by atoms with E-state index in [2.05, 4.69) is 0 Å². The highest BCUT2D eigenvalue weighted by Gasteiger charge is 2.34. The summed E-state index contributed by atoms with van der Waals surface area (Å²) in [6.45, 7) is 9.21. The average molecular weight is 370 g/mol. The molecule has 0 saturated carbocycles. The van der Waals surface area contributed by atoms with Gasteiger partial charge in [-0.25, -0.2) is 22.0 Å². The van der Waals surface area contributed by atoms with Crippen LogP contribution in [0.3, 0.4) is 0 Å². The Morgan fingerprint density at radius 1 is 0.750 bits per heavy atom. The first-order chi connectivity index (χ1) is 11.0. The second-order valence-corrected chi connectivity index (χ2v) is 9.61. The maximum atomic E-state index is 13.7. The molecule has 0 aliphatic rings. The molecule has 0 unspecified atom stereocenters. The van der Waals surface area contributed by atoms with E-state index < -0.39 is 43.2 Å². The predicted octanol–water partition coefficient (Wildman–Crippen LogP) is 5.24. The Morgan fingerprint density at radius 3 is 1.50 bits per heavy atom. The van der Waals surface area contributed by atoms with Crippen LogP contribution in [0.25, 0.3) is 0 Å². The highest BCUT2D eigenvalue weighted by molar-refractivity contribution is 6.66. The Kier molecular flexibility index (Phi) is 7.37. The molecular formula is C16H23F5O2Si. The van der Waals surface area contributed by atoms with Crippen molar-refractivity contribution in [3.05, 3.63) is 34.6 Å². The van der Waals surface area contributed by atoms with Gasteiger partial charge in [0.15, 0.2) is 23.3 Å². The highest BCUT2D eigenvalue weighted by Crippen LogP contribution is 2.26. The van der Waals surface area contributed by atoms with Gasteiger partial charge in [0, 0.05) is 17.8 Å². The van der Waals surface area contributed by atoms with Crippen molar-refractivity contribution in [1.82, 2.24) is 0 Å². The van der Waals surface area contributed by atoms with E-state index in [9.17, 15) is 22.0 Å². The predicted molar refractivity (Wildman–Crippen MR) is 83.4 cm³/mol. The molecule has 1 rings (SSSR count). The van der Waals surface area contributed by atoms with Crippen LogP contribution < -0.4 is 0 Å². The zero-order valence-corrected chi connectivity index (χ0v) is 15.5. The van der Waals surface area contributed by atoms with Crippen molar-refractivity contribution in [1.29, 1.82) is 0 Å². The topological polar surface area (TPSA) is 18.5 Å². The normalized spacial score (nSPS) is 12.5. The first-order valence-corrected chi connectivity index (χ1v) is 10.4. The summed E-state index contributed by atoms with van der Waals surface area (Å²) in [7, 11) is -2.61. The summed E-state index contributed by atoms with van der Waals surface area (Å²) in [6.07, 6.45) is -0.262. The molecule has 2 nitrogen and oxygen atoms in total. The van der Waals surface area contributed by atoms with Crippen molar-refractivity contribution < 1.29 is 30.8 Å². The lowest BCUT2D eigenvalue weighted by molar-refractivity contribution is 0.109. The standard InChI is InChI=1S/C16H23F5O2Si/c1-9(2)22-24(5,23-10(3)4)8-6-7-11-12(17)14(19)16(21)15(20)13(11)18/h9-10H,6-8H2,1-5H3. The molecule has 1 aromatic carbocycles. The van der Waals surface area contributed by atoms with Gasteiger partial charge in [0.05, 0.1) is 0 Å². The van der Waals surface area contributed by atoms with Crippen LogP contribution in [0.2, 0.25) is 12.6 Å². The summed E-state index contributed by atoms with van der Waals surface area (Å²) in [4.78, 5) is 0. The molecule has 138 valence electrons. The van der Waals surface area contributed by atoms with Gasteiger partial charge in [0.2, 0.25) is 5.82 Å². The molecule has 0 atom stereocenters. The molecule has 0 heterocycles. The fourth-order valence-electron chi connectivity index (χ4n) is 2.60. The van der Waals surface area contributed by atoms with Gasteiger partial charge in [-0.15, -0.1) is 0 Å². The summed E-state index contributed by atoms with van der Waals surface area (Å²) in [5.74, 6) is -9.52. The summed E-state index contributed by atoms with van der Waals surface area (Å²) >= 11 is 0. The van der Waals surface area contributed by atoms with Gasteiger partial charge in [-0.1, -0.05) is 0 Å². The van der Waals surface area contributed by atoms with Crippen LogP contribution in [-0.4, -0.2) is 20.8 Å². The number of rotatable bonds is 8. The van der Waals surface area contributed by atoms with Gasteiger partial charge >= 0.3 is 8.56 Å². The molecule has 0 spiro atoms. The van der Waals surface area contributed by atoms with Crippen molar-refractivity contribution in [2.75, 3.05) is 0 Å². The molecule has 0 N–H and O–H groups in total. The summed E-state index contributed by atoms with van der Waals surface area (Å²) < 4.78 is 78.5. The first kappa shape index (κ1) is 21.1. The lowest BCUT2D eigenvalue weighted by atomic mass is 10.1. The maximum absolute atomic E-state index is 13.7. The fourth-order valence-corrected chi connectivity index (χ4v) is 5.70. The van der Waals surface area contributed by atoms with Crippen molar-refractivity contribution in [3.8, 4) is 0 Å². The van der Waals surface area contributed by atoms with E-state index in [0.29, 0.717) is 6.04 Å². The third kappa shape index (κ3) is 5.25. The fraction of sp³-hybridized carbons (Fsp3) is 0.625. The SMILES string of the molecule is CC(C)O[Si](C)(CCCc1c(F)c(F)c(F)c(F)c1F)OC(C)C. The van der Waals surface area contributed by atoms with E-state index in [-0.39, 0.29) is 25.0 Å². The van der Waals surface area contributed by atoms with Crippen molar-refractivity contribution in [2.24, 2.45) is 0 Å². The zero-order valence-electron chi connectivity index (χ0n) is 14.5. The lowest BCUT2D eigenvalue weighted by Gasteiger charge is -2.31. The Balaban J connectivity index is 2.89. The zero-order chi connectivity index (χ0) is 18.7. The molecule has 0 fully saturated rings. The van der Waals surface area contributed by atoms with E-state index in [1.165, 1.54) is 0 Å². The molecule has 0 aliphatic carbocycles. The third-order valence-corrected chi connectivity index (χ3v) is 6.53. The number of hydrogen-bond acceptors (Lipinski definition) is 2. The summed E-state index contributed by atoms with van der Waals surface area (Å²) in [5.41, 5.74) is -0.795. The van der Waals surface area contributed by atoms with E-state index in [0.717, 1.165) is 0 Å². The Hall–Kier alpha value is -0.993. The minimum atomic E-state index is -2.61. The van der Waals surface area contributed by atoms with Gasteiger partial charge in [0.25, 0.3) is 0 Å². The molecule has 8 heteroatoms. The molecule has 0 bridgehead atoms. The first-order valence-electron chi connectivity index (χ1n) is 7.84. The molecule has 0 aromatic heterocycles. The molecule has 0 aliphatic heterocycles. The quantitative estimate of drug-likeness (QED) is 0.270. The van der Waals surface area contributed by atoms with Crippen LogP contribution in [0.1, 0.15) is 39.7 Å². The largest absolute Gasteiger partial charge is 0.392 e. The van der Waals surface area contributed by atoms with Crippen LogP contribution >= 0.6 is 0 Å². The average Bonchev–Trinajstić information content (AvgIpc) is 2.45. The van der Waals surface area contributed by atoms with Crippen LogP contribution in [-0.2, 0) is 15.3 Å². The maximum Gasteiger partial charge on any atom is 0.335 e. The third-order valence-electron chi connectivity index (χ3n) is 3.33. The highest BCUT2D eigenvalue weighted by atomic mass is 28.4. The Bertz CT molecular complexity index is 539. The molecule has 24 heavy (non-hydrogen) atoms. The number of halogens is 5. The van der Waals surface area contributed by atoms with Gasteiger partial charge in [-0.05, 0) is 53.1 Å². The van der Waals surface area contributed by atoms with Crippen molar-refractivity contribution >= 4 is 8.56 Å². The summed E-state index contributed by atoms with van der Waals surface area (Å²) in [6, 6.07) is 0.378. The van der Waals surface area contributed by atoms with E-state index in [1.54, 1.807) is 0 Å². The van der Waals surface area contributed by atoms with Crippen molar-refractivity contribution in [3.63, 3.8) is 0 Å². The summed E-state index contributed by atoms with van der Waals surface area (Å²) in [5, 5.41) is 0. The van der Waals surface area contributed by atoms with Gasteiger partial charge < -0.3 is 8.85 Å². The second kappa shape index (κ2) is 8.40. The van der Waals surface area contributed by atoms with Crippen LogP contribution in [0.5, 0.6) is 0 Å². The van der Waals surface area contributed by atoms with E-state index >= 15 is 0 Å². The van der Waals surface area contributed by atoms with Crippen LogP contribution in [0.15, 0.2) is 0 Å². The van der Waals surface area contributed by atoms with E-state index in [4.69, 9.17) is 8.85 Å². The molecule has 0 amide bonds. The minimum Gasteiger partial charge on any atom is -0.392 e. The molecule has 0 radical (unpaired) electrons. The van der Waals surface area contributed by atoms with Crippen LogP contribution in [0, 0.1) is 29.1 Å². The number of benzene rings is 1.